The van der Waals surface area contributed by atoms with Crippen LogP contribution in [0.15, 0.2) is 48.5 Å². The molecule has 2 aliphatic rings. The summed E-state index contributed by atoms with van der Waals surface area (Å²) in [6.45, 7) is 3.48. The van der Waals surface area contributed by atoms with Crippen LogP contribution in [0.5, 0.6) is 0 Å². The molecule has 0 bridgehead atoms. The molecule has 4 rings (SSSR count). The predicted octanol–water partition coefficient (Wildman–Crippen LogP) is 3.17. The minimum absolute atomic E-state index is 0.412. The van der Waals surface area contributed by atoms with E-state index in [-0.39, 0.29) is 0 Å². The minimum Gasteiger partial charge on any atom is -0.314 e. The van der Waals surface area contributed by atoms with Crippen LogP contribution in [0.2, 0.25) is 0 Å². The SMILES string of the molecule is CN[C@@H]1CN(C2c3ccccc3CCc3ccccc32)[C@H]1C. The van der Waals surface area contributed by atoms with Gasteiger partial charge in [-0.1, -0.05) is 48.5 Å². The Hall–Kier alpha value is -1.64. The molecule has 1 aliphatic carbocycles. The highest BCUT2D eigenvalue weighted by atomic mass is 15.3. The number of nitrogens with one attached hydrogen (secondary N) is 1. The predicted molar refractivity (Wildman–Crippen MR) is 91.2 cm³/mol. The van der Waals surface area contributed by atoms with Gasteiger partial charge in [0.2, 0.25) is 0 Å². The van der Waals surface area contributed by atoms with Crippen molar-refractivity contribution < 1.29 is 0 Å². The Labute approximate surface area is 133 Å². The highest BCUT2D eigenvalue weighted by Gasteiger charge is 2.41. The van der Waals surface area contributed by atoms with Crippen LogP contribution in [-0.2, 0) is 12.8 Å². The molecule has 1 fully saturated rings. The Morgan fingerprint density at radius 3 is 1.95 bits per heavy atom. The van der Waals surface area contributed by atoms with Crippen molar-refractivity contribution in [1.82, 2.24) is 10.2 Å². The minimum atomic E-state index is 0.412. The third-order valence-electron chi connectivity index (χ3n) is 5.58. The smallest absolute Gasteiger partial charge is 0.0610 e. The highest BCUT2D eigenvalue weighted by molar-refractivity contribution is 5.45. The van der Waals surface area contributed by atoms with Crippen molar-refractivity contribution in [3.05, 3.63) is 70.8 Å². The van der Waals surface area contributed by atoms with Gasteiger partial charge in [0, 0.05) is 18.6 Å². The van der Waals surface area contributed by atoms with E-state index in [1.54, 1.807) is 0 Å². The number of likely N-dealkylation sites (N-methyl/N-ethyl adjacent to an activating group) is 1. The Morgan fingerprint density at radius 1 is 0.909 bits per heavy atom. The normalized spacial score (nSPS) is 25.0. The number of aryl methyl sites for hydroxylation is 2. The van der Waals surface area contributed by atoms with Gasteiger partial charge in [-0.3, -0.25) is 4.90 Å². The summed E-state index contributed by atoms with van der Waals surface area (Å²) >= 11 is 0. The van der Waals surface area contributed by atoms with Crippen molar-refractivity contribution in [2.45, 2.75) is 37.9 Å². The van der Waals surface area contributed by atoms with Crippen LogP contribution in [0.1, 0.15) is 35.2 Å². The van der Waals surface area contributed by atoms with Gasteiger partial charge in [0.15, 0.2) is 0 Å². The second-order valence-corrected chi connectivity index (χ2v) is 6.63. The van der Waals surface area contributed by atoms with Gasteiger partial charge in [-0.2, -0.15) is 0 Å². The summed E-state index contributed by atoms with van der Waals surface area (Å²) < 4.78 is 0. The maximum Gasteiger partial charge on any atom is 0.0610 e. The summed E-state index contributed by atoms with van der Waals surface area (Å²) in [5.41, 5.74) is 6.05. The van der Waals surface area contributed by atoms with Crippen molar-refractivity contribution >= 4 is 0 Å². The van der Waals surface area contributed by atoms with Crippen LogP contribution < -0.4 is 5.32 Å². The second-order valence-electron chi connectivity index (χ2n) is 6.63. The van der Waals surface area contributed by atoms with Crippen LogP contribution >= 0.6 is 0 Å². The number of hydrogen-bond acceptors (Lipinski definition) is 2. The van der Waals surface area contributed by atoms with Crippen molar-refractivity contribution in [1.29, 1.82) is 0 Å². The summed E-state index contributed by atoms with van der Waals surface area (Å²) in [7, 11) is 2.08. The van der Waals surface area contributed by atoms with Gasteiger partial charge in [-0.25, -0.2) is 0 Å². The zero-order chi connectivity index (χ0) is 15.1. The summed E-state index contributed by atoms with van der Waals surface area (Å²) in [5.74, 6) is 0. The van der Waals surface area contributed by atoms with Crippen molar-refractivity contribution in [3.63, 3.8) is 0 Å². The van der Waals surface area contributed by atoms with E-state index in [0.717, 1.165) is 19.4 Å². The number of benzene rings is 2. The molecule has 0 aromatic heterocycles. The molecule has 22 heavy (non-hydrogen) atoms. The molecule has 0 amide bonds. The first-order valence-electron chi connectivity index (χ1n) is 8.38. The molecule has 2 aromatic carbocycles. The van der Waals surface area contributed by atoms with Crippen LogP contribution in [0, 0.1) is 0 Å². The molecule has 0 saturated carbocycles. The standard InChI is InChI=1S/C20H24N2/c1-14-19(21-2)13-22(14)20-17-9-5-3-7-15(17)11-12-16-8-4-6-10-18(16)20/h3-10,14,19-21H,11-13H2,1-2H3/t14-,19+/m0/s1. The van der Waals surface area contributed by atoms with E-state index in [9.17, 15) is 0 Å². The molecule has 2 atom stereocenters. The van der Waals surface area contributed by atoms with E-state index in [1.807, 2.05) is 0 Å². The fraction of sp³-hybridized carbons (Fsp3) is 0.400. The maximum absolute atomic E-state index is 3.44. The quantitative estimate of drug-likeness (QED) is 0.914. The van der Waals surface area contributed by atoms with Crippen molar-refractivity contribution in [2.75, 3.05) is 13.6 Å². The molecule has 1 heterocycles. The zero-order valence-electron chi connectivity index (χ0n) is 13.4. The van der Waals surface area contributed by atoms with E-state index < -0.39 is 0 Å². The van der Waals surface area contributed by atoms with E-state index in [4.69, 9.17) is 0 Å². The van der Waals surface area contributed by atoms with E-state index in [2.05, 4.69) is 72.7 Å². The summed E-state index contributed by atoms with van der Waals surface area (Å²) in [4.78, 5) is 2.66. The van der Waals surface area contributed by atoms with Crippen LogP contribution in [0.3, 0.4) is 0 Å². The first-order chi connectivity index (χ1) is 10.8. The lowest BCUT2D eigenvalue weighted by atomic mass is 9.86. The molecule has 2 heteroatoms. The Bertz CT molecular complexity index is 631. The van der Waals surface area contributed by atoms with Gasteiger partial charge >= 0.3 is 0 Å². The Morgan fingerprint density at radius 2 is 1.45 bits per heavy atom. The van der Waals surface area contributed by atoms with Crippen LogP contribution in [-0.4, -0.2) is 30.6 Å². The fourth-order valence-corrected chi connectivity index (χ4v) is 4.16. The highest BCUT2D eigenvalue weighted by Crippen LogP contribution is 2.40. The maximum atomic E-state index is 3.44. The summed E-state index contributed by atoms with van der Waals surface area (Å²) in [6.07, 6.45) is 2.31. The van der Waals surface area contributed by atoms with Crippen molar-refractivity contribution in [3.8, 4) is 0 Å². The monoisotopic (exact) mass is 292 g/mol. The van der Waals surface area contributed by atoms with Gasteiger partial charge < -0.3 is 5.32 Å². The molecular weight excluding hydrogens is 268 g/mol. The fourth-order valence-electron chi connectivity index (χ4n) is 4.16. The molecule has 2 aromatic rings. The third-order valence-corrected chi connectivity index (χ3v) is 5.58. The Kier molecular flexibility index (Phi) is 3.51. The number of nitrogens with zero attached hydrogens (tertiary/aromatic N) is 1. The largest absolute Gasteiger partial charge is 0.314 e. The van der Waals surface area contributed by atoms with E-state index >= 15 is 0 Å². The molecular formula is C20H24N2. The molecule has 2 nitrogen and oxygen atoms in total. The average molecular weight is 292 g/mol. The molecule has 114 valence electrons. The van der Waals surface area contributed by atoms with E-state index in [1.165, 1.54) is 22.3 Å². The first kappa shape index (κ1) is 14.0. The lowest BCUT2D eigenvalue weighted by Gasteiger charge is -2.51. The summed E-state index contributed by atoms with van der Waals surface area (Å²) in [5, 5.41) is 3.44. The molecule has 1 N–H and O–H groups in total. The van der Waals surface area contributed by atoms with Crippen LogP contribution in [0.4, 0.5) is 0 Å². The van der Waals surface area contributed by atoms with Gasteiger partial charge in [-0.05, 0) is 49.1 Å². The second kappa shape index (κ2) is 5.53. The molecule has 0 unspecified atom stereocenters. The number of likely N-dealkylation sites (tertiary alicyclic amines) is 1. The molecule has 0 spiro atoms. The van der Waals surface area contributed by atoms with Gasteiger partial charge in [0.05, 0.1) is 6.04 Å². The first-order valence-corrected chi connectivity index (χ1v) is 8.38. The third kappa shape index (κ3) is 2.10. The van der Waals surface area contributed by atoms with Crippen molar-refractivity contribution in [2.24, 2.45) is 0 Å². The van der Waals surface area contributed by atoms with Gasteiger partial charge in [-0.15, -0.1) is 0 Å². The zero-order valence-corrected chi connectivity index (χ0v) is 13.4. The van der Waals surface area contributed by atoms with Gasteiger partial charge in [0.25, 0.3) is 0 Å². The van der Waals surface area contributed by atoms with Gasteiger partial charge in [0.1, 0.15) is 0 Å². The Balaban J connectivity index is 1.82. The topological polar surface area (TPSA) is 15.3 Å². The number of fused-ring (bicyclic) bond motifs is 2. The average Bonchev–Trinajstić information content (AvgIpc) is 2.72. The number of hydrogen-bond donors (Lipinski definition) is 1. The summed E-state index contributed by atoms with van der Waals surface area (Å²) in [6, 6.07) is 19.7. The lowest BCUT2D eigenvalue weighted by Crippen LogP contribution is -2.64. The molecule has 0 radical (unpaired) electrons. The molecule has 1 saturated heterocycles. The number of rotatable bonds is 2. The lowest BCUT2D eigenvalue weighted by molar-refractivity contribution is 0.0298. The van der Waals surface area contributed by atoms with Crippen LogP contribution in [0.25, 0.3) is 0 Å². The molecule has 1 aliphatic heterocycles. The van der Waals surface area contributed by atoms with E-state index in [0.29, 0.717) is 18.1 Å².